The van der Waals surface area contributed by atoms with Crippen molar-refractivity contribution in [1.82, 2.24) is 4.31 Å². The summed E-state index contributed by atoms with van der Waals surface area (Å²) in [4.78, 5) is 12.6. The molecule has 0 radical (unpaired) electrons. The zero-order valence-electron chi connectivity index (χ0n) is 17.0. The van der Waals surface area contributed by atoms with Gasteiger partial charge in [-0.25, -0.2) is 13.2 Å². The fourth-order valence-electron chi connectivity index (χ4n) is 3.52. The third kappa shape index (κ3) is 4.70. The van der Waals surface area contributed by atoms with Crippen LogP contribution in [0.4, 0.5) is 16.2 Å². The van der Waals surface area contributed by atoms with Gasteiger partial charge in [0.15, 0.2) is 0 Å². The Morgan fingerprint density at radius 3 is 2.29 bits per heavy atom. The van der Waals surface area contributed by atoms with Gasteiger partial charge in [0.1, 0.15) is 5.75 Å². The summed E-state index contributed by atoms with van der Waals surface area (Å²) in [6, 6.07) is 20.7. The molecule has 0 saturated heterocycles. The van der Waals surface area contributed by atoms with Crippen molar-refractivity contribution in [1.29, 1.82) is 0 Å². The molecular weight excluding hydrogens is 414 g/mol. The summed E-state index contributed by atoms with van der Waals surface area (Å²) < 4.78 is 32.5. The number of benzene rings is 3. The molecule has 0 aliphatic carbocycles. The van der Waals surface area contributed by atoms with Crippen molar-refractivity contribution in [2.45, 2.75) is 17.9 Å². The lowest BCUT2D eigenvalue weighted by Gasteiger charge is -2.28. The molecule has 2 N–H and O–H groups in total. The number of carbonyl (C=O) groups excluding carboxylic acids is 1. The fourth-order valence-corrected chi connectivity index (χ4v) is 4.96. The Kier molecular flexibility index (Phi) is 5.92. The second-order valence-corrected chi connectivity index (χ2v) is 9.13. The molecule has 3 aromatic carbocycles. The third-order valence-corrected chi connectivity index (χ3v) is 7.03. The zero-order valence-corrected chi connectivity index (χ0v) is 17.9. The van der Waals surface area contributed by atoms with Crippen LogP contribution in [0.2, 0.25) is 0 Å². The van der Waals surface area contributed by atoms with Crippen molar-refractivity contribution in [3.8, 4) is 5.75 Å². The monoisotopic (exact) mass is 437 g/mol. The molecule has 0 saturated carbocycles. The van der Waals surface area contributed by atoms with E-state index in [0.29, 0.717) is 30.1 Å². The molecule has 4 rings (SSSR count). The number of fused-ring (bicyclic) bond motifs is 1. The molecule has 31 heavy (non-hydrogen) atoms. The number of methoxy groups -OCH3 is 1. The molecular formula is C23H23N3O4S. The lowest BCUT2D eigenvalue weighted by Crippen LogP contribution is -2.36. The molecule has 0 bridgehead atoms. The Labute approximate surface area is 181 Å². The molecule has 0 spiro atoms. The van der Waals surface area contributed by atoms with Crippen LogP contribution in [0.25, 0.3) is 0 Å². The van der Waals surface area contributed by atoms with E-state index in [-0.39, 0.29) is 17.5 Å². The topological polar surface area (TPSA) is 87.7 Å². The number of amides is 2. The van der Waals surface area contributed by atoms with E-state index in [2.05, 4.69) is 10.6 Å². The van der Waals surface area contributed by atoms with Crippen LogP contribution in [0.1, 0.15) is 11.1 Å². The normalized spacial score (nSPS) is 13.8. The van der Waals surface area contributed by atoms with Gasteiger partial charge in [0.2, 0.25) is 10.0 Å². The van der Waals surface area contributed by atoms with Crippen LogP contribution < -0.4 is 15.4 Å². The highest BCUT2D eigenvalue weighted by atomic mass is 32.2. The summed E-state index contributed by atoms with van der Waals surface area (Å²) >= 11 is 0. The number of ether oxygens (including phenoxy) is 1. The van der Waals surface area contributed by atoms with E-state index in [1.54, 1.807) is 61.7 Å². The molecule has 0 aromatic heterocycles. The van der Waals surface area contributed by atoms with E-state index in [1.165, 1.54) is 4.31 Å². The first-order chi connectivity index (χ1) is 15.0. The van der Waals surface area contributed by atoms with Crippen LogP contribution in [0, 0.1) is 0 Å². The van der Waals surface area contributed by atoms with Gasteiger partial charge >= 0.3 is 6.03 Å². The van der Waals surface area contributed by atoms with Crippen molar-refractivity contribution in [3.05, 3.63) is 83.9 Å². The number of sulfonamides is 1. The molecule has 7 nitrogen and oxygen atoms in total. The predicted molar refractivity (Wildman–Crippen MR) is 120 cm³/mol. The van der Waals surface area contributed by atoms with E-state index in [4.69, 9.17) is 4.74 Å². The van der Waals surface area contributed by atoms with E-state index >= 15 is 0 Å². The minimum absolute atomic E-state index is 0.266. The molecule has 2 amide bonds. The van der Waals surface area contributed by atoms with Crippen molar-refractivity contribution in [3.63, 3.8) is 0 Å². The predicted octanol–water partition coefficient (Wildman–Crippen LogP) is 4.09. The number of hydrogen-bond acceptors (Lipinski definition) is 4. The van der Waals surface area contributed by atoms with Gasteiger partial charge in [-0.05, 0) is 66.1 Å². The van der Waals surface area contributed by atoms with Gasteiger partial charge in [-0.1, -0.05) is 24.3 Å². The summed E-state index contributed by atoms with van der Waals surface area (Å²) in [5, 5.41) is 5.57. The highest BCUT2D eigenvalue weighted by Gasteiger charge is 2.28. The standard InChI is InChI=1S/C23H23N3O4S/c1-30-21-11-9-19(10-12-21)24-23(27)25-20-8-7-17-13-14-26(16-18(17)15-20)31(28,29)22-5-3-2-4-6-22/h2-12,15H,13-14,16H2,1H3,(H2,24,25,27). The van der Waals surface area contributed by atoms with Crippen LogP contribution in [-0.4, -0.2) is 32.4 Å². The average Bonchev–Trinajstić information content (AvgIpc) is 2.79. The van der Waals surface area contributed by atoms with E-state index < -0.39 is 10.0 Å². The number of nitrogens with zero attached hydrogens (tertiary/aromatic N) is 1. The van der Waals surface area contributed by atoms with Crippen molar-refractivity contribution < 1.29 is 17.9 Å². The Bertz CT molecular complexity index is 1180. The molecule has 0 unspecified atom stereocenters. The van der Waals surface area contributed by atoms with Gasteiger partial charge in [-0.3, -0.25) is 0 Å². The summed E-state index contributed by atoms with van der Waals surface area (Å²) in [6.45, 7) is 0.692. The molecule has 0 fully saturated rings. The number of nitrogens with one attached hydrogen (secondary N) is 2. The number of rotatable bonds is 5. The van der Waals surface area contributed by atoms with Crippen LogP contribution in [0.5, 0.6) is 5.75 Å². The average molecular weight is 438 g/mol. The summed E-state index contributed by atoms with van der Waals surface area (Å²) in [5.41, 5.74) is 3.20. The first kappa shape index (κ1) is 20.9. The number of carbonyl (C=O) groups is 1. The van der Waals surface area contributed by atoms with Crippen LogP contribution in [-0.2, 0) is 23.0 Å². The fraction of sp³-hybridized carbons (Fsp3) is 0.174. The van der Waals surface area contributed by atoms with Gasteiger partial charge in [0.05, 0.1) is 12.0 Å². The second-order valence-electron chi connectivity index (χ2n) is 7.19. The lowest BCUT2D eigenvalue weighted by atomic mass is 10.0. The first-order valence-corrected chi connectivity index (χ1v) is 11.3. The van der Waals surface area contributed by atoms with Crippen LogP contribution in [0.15, 0.2) is 77.7 Å². The lowest BCUT2D eigenvalue weighted by molar-refractivity contribution is 0.262. The molecule has 1 aliphatic heterocycles. The number of hydrogen-bond donors (Lipinski definition) is 2. The maximum Gasteiger partial charge on any atom is 0.323 e. The van der Waals surface area contributed by atoms with E-state index in [0.717, 1.165) is 11.1 Å². The van der Waals surface area contributed by atoms with Gasteiger partial charge in [0, 0.05) is 24.5 Å². The molecule has 8 heteroatoms. The number of anilines is 2. The third-order valence-electron chi connectivity index (χ3n) is 5.17. The van der Waals surface area contributed by atoms with Crippen molar-refractivity contribution >= 4 is 27.4 Å². The molecule has 1 heterocycles. The summed E-state index contributed by atoms with van der Waals surface area (Å²) in [7, 11) is -1.98. The van der Waals surface area contributed by atoms with Gasteiger partial charge in [-0.2, -0.15) is 4.31 Å². The molecule has 3 aromatic rings. The SMILES string of the molecule is COc1ccc(NC(=O)Nc2ccc3c(c2)CN(S(=O)(=O)c2ccccc2)CC3)cc1. The van der Waals surface area contributed by atoms with Crippen molar-refractivity contribution in [2.24, 2.45) is 0 Å². The van der Waals surface area contributed by atoms with Crippen molar-refractivity contribution in [2.75, 3.05) is 24.3 Å². The quantitative estimate of drug-likeness (QED) is 0.629. The van der Waals surface area contributed by atoms with Gasteiger partial charge in [0.25, 0.3) is 0 Å². The van der Waals surface area contributed by atoms with Gasteiger partial charge < -0.3 is 15.4 Å². The number of urea groups is 1. The Balaban J connectivity index is 1.46. The maximum atomic E-state index is 12.9. The minimum atomic E-state index is -3.56. The van der Waals surface area contributed by atoms with E-state index in [1.807, 2.05) is 18.2 Å². The zero-order chi connectivity index (χ0) is 21.8. The highest BCUT2D eigenvalue weighted by Crippen LogP contribution is 2.27. The Morgan fingerprint density at radius 2 is 1.58 bits per heavy atom. The first-order valence-electron chi connectivity index (χ1n) is 9.85. The van der Waals surface area contributed by atoms with Crippen LogP contribution in [0.3, 0.4) is 0 Å². The smallest absolute Gasteiger partial charge is 0.323 e. The highest BCUT2D eigenvalue weighted by molar-refractivity contribution is 7.89. The second kappa shape index (κ2) is 8.79. The largest absolute Gasteiger partial charge is 0.497 e. The summed E-state index contributed by atoms with van der Waals surface area (Å²) in [5.74, 6) is 0.704. The Morgan fingerprint density at radius 1 is 0.903 bits per heavy atom. The minimum Gasteiger partial charge on any atom is -0.497 e. The summed E-state index contributed by atoms with van der Waals surface area (Å²) in [6.07, 6.45) is 0.625. The molecule has 1 aliphatic rings. The van der Waals surface area contributed by atoms with E-state index in [9.17, 15) is 13.2 Å². The molecule has 0 atom stereocenters. The Hall–Kier alpha value is -3.36. The maximum absolute atomic E-state index is 12.9. The van der Waals surface area contributed by atoms with Gasteiger partial charge in [-0.15, -0.1) is 0 Å². The van der Waals surface area contributed by atoms with Crippen LogP contribution >= 0.6 is 0 Å². The molecule has 160 valence electrons.